The smallest absolute Gasteiger partial charge is 0.220 e. The van der Waals surface area contributed by atoms with E-state index in [0.717, 1.165) is 57.8 Å². The van der Waals surface area contributed by atoms with E-state index in [-0.39, 0.29) is 18.9 Å². The molecule has 17 atom stereocenters. The summed E-state index contributed by atoms with van der Waals surface area (Å²) in [4.78, 5) is 13.4. The van der Waals surface area contributed by atoms with Crippen LogP contribution in [0.25, 0.3) is 0 Å². The number of hydrogen-bond acceptors (Lipinski definition) is 18. The summed E-state index contributed by atoms with van der Waals surface area (Å²) in [6.45, 7) is 1.74. The van der Waals surface area contributed by atoms with Crippen LogP contribution in [-0.4, -0.2) is 193 Å². The van der Waals surface area contributed by atoms with Crippen LogP contribution in [0.2, 0.25) is 0 Å². The molecule has 0 radical (unpaired) electrons. The van der Waals surface area contributed by atoms with Crippen molar-refractivity contribution in [2.75, 3.05) is 26.4 Å². The summed E-state index contributed by atoms with van der Waals surface area (Å²) in [6, 6.07) is -0.971. The van der Waals surface area contributed by atoms with Gasteiger partial charge >= 0.3 is 0 Å². The molecule has 3 rings (SSSR count). The van der Waals surface area contributed by atoms with E-state index in [1.165, 1.54) is 244 Å². The highest BCUT2D eigenvalue weighted by atomic mass is 16.8. The molecule has 0 aromatic heterocycles. The van der Waals surface area contributed by atoms with Gasteiger partial charge < -0.3 is 89.9 Å². The Bertz CT molecular complexity index is 1990. The Kier molecular flexibility index (Phi) is 56.9. The first-order valence-corrected chi connectivity index (χ1v) is 40.9. The van der Waals surface area contributed by atoms with Crippen LogP contribution in [0.3, 0.4) is 0 Å². The zero-order valence-electron chi connectivity index (χ0n) is 62.7. The van der Waals surface area contributed by atoms with Gasteiger partial charge in [-0.25, -0.2) is 0 Å². The van der Waals surface area contributed by atoms with Crippen molar-refractivity contribution in [3.05, 3.63) is 48.6 Å². The number of allylic oxidation sites excluding steroid dienone is 7. The van der Waals surface area contributed by atoms with E-state index in [0.29, 0.717) is 6.42 Å². The Balaban J connectivity index is 1.27. The Labute approximate surface area is 605 Å². The topological polar surface area (TPSA) is 307 Å². The van der Waals surface area contributed by atoms with Gasteiger partial charge in [-0.1, -0.05) is 313 Å². The maximum atomic E-state index is 13.4. The number of hydrogen-bond donors (Lipinski definition) is 12. The third-order valence-electron chi connectivity index (χ3n) is 20.4. The summed E-state index contributed by atoms with van der Waals surface area (Å²) >= 11 is 0. The summed E-state index contributed by atoms with van der Waals surface area (Å²) in [7, 11) is 0. The molecule has 3 fully saturated rings. The second-order valence-corrected chi connectivity index (χ2v) is 29.2. The minimum Gasteiger partial charge on any atom is -0.394 e. The van der Waals surface area contributed by atoms with Crippen molar-refractivity contribution in [3.8, 4) is 0 Å². The molecule has 0 saturated carbocycles. The minimum atomic E-state index is -1.98. The zero-order chi connectivity index (χ0) is 72.5. The molecule has 3 heterocycles. The Hall–Kier alpha value is -2.25. The Morgan fingerprint density at radius 2 is 0.660 bits per heavy atom. The summed E-state index contributed by atoms with van der Waals surface area (Å²) in [6.07, 6.45) is 51.3. The van der Waals surface area contributed by atoms with Gasteiger partial charge in [0.05, 0.1) is 38.6 Å². The molecule has 0 aromatic rings. The number of unbranched alkanes of at least 4 members (excludes halogenated alkanes) is 43. The monoisotopic (exact) mass is 1420 g/mol. The summed E-state index contributed by atoms with van der Waals surface area (Å²) < 4.78 is 34.4. The first-order chi connectivity index (χ1) is 48.8. The van der Waals surface area contributed by atoms with Crippen LogP contribution in [0.5, 0.6) is 0 Å². The van der Waals surface area contributed by atoms with Crippen LogP contribution < -0.4 is 5.32 Å². The van der Waals surface area contributed by atoms with Crippen molar-refractivity contribution in [3.63, 3.8) is 0 Å². The number of rotatable bonds is 65. The van der Waals surface area contributed by atoms with E-state index in [9.17, 15) is 61.0 Å². The van der Waals surface area contributed by atoms with Crippen LogP contribution in [0.4, 0.5) is 0 Å². The first kappa shape index (κ1) is 92.0. The number of carbonyl (C=O) groups is 1. The van der Waals surface area contributed by atoms with Crippen molar-refractivity contribution in [2.45, 2.75) is 433 Å². The van der Waals surface area contributed by atoms with Crippen LogP contribution in [0.1, 0.15) is 328 Å². The number of amides is 1. The Morgan fingerprint density at radius 3 is 1.03 bits per heavy atom. The number of aliphatic hydroxyl groups is 11. The second kappa shape index (κ2) is 61.9. The lowest BCUT2D eigenvalue weighted by molar-refractivity contribution is -0.379. The number of nitrogens with one attached hydrogen (secondary N) is 1. The van der Waals surface area contributed by atoms with Gasteiger partial charge in [-0.05, 0) is 57.8 Å². The van der Waals surface area contributed by atoms with Gasteiger partial charge in [0.1, 0.15) is 73.2 Å². The summed E-state index contributed by atoms with van der Waals surface area (Å²) in [5.74, 6) is -0.270. The van der Waals surface area contributed by atoms with E-state index in [4.69, 9.17) is 28.4 Å². The third kappa shape index (κ3) is 41.6. The normalized spacial score (nSPS) is 26.7. The lowest BCUT2D eigenvalue weighted by atomic mass is 9.96. The molecule has 12 N–H and O–H groups in total. The highest BCUT2D eigenvalue weighted by molar-refractivity contribution is 5.76. The van der Waals surface area contributed by atoms with Crippen LogP contribution in [-0.2, 0) is 33.2 Å². The van der Waals surface area contributed by atoms with Crippen molar-refractivity contribution < 1.29 is 89.4 Å². The molecule has 3 aliphatic heterocycles. The maximum Gasteiger partial charge on any atom is 0.220 e. The van der Waals surface area contributed by atoms with E-state index in [1.807, 2.05) is 6.08 Å². The van der Waals surface area contributed by atoms with E-state index in [1.54, 1.807) is 6.08 Å². The molecular formula is C81H149NO18. The van der Waals surface area contributed by atoms with Gasteiger partial charge in [-0.3, -0.25) is 4.79 Å². The molecule has 0 spiro atoms. The van der Waals surface area contributed by atoms with Crippen molar-refractivity contribution in [2.24, 2.45) is 0 Å². The van der Waals surface area contributed by atoms with Crippen LogP contribution >= 0.6 is 0 Å². The fourth-order valence-electron chi connectivity index (χ4n) is 13.8. The lowest BCUT2D eigenvalue weighted by Crippen LogP contribution is -2.66. The average Bonchev–Trinajstić information content (AvgIpc) is 0.783. The highest BCUT2D eigenvalue weighted by Crippen LogP contribution is 2.33. The fraction of sp³-hybridized carbons (Fsp3) is 0.889. The third-order valence-corrected chi connectivity index (χ3v) is 20.4. The number of ether oxygens (including phenoxy) is 6. The number of aliphatic hydroxyl groups excluding tert-OH is 11. The predicted octanol–water partition coefficient (Wildman–Crippen LogP) is 13.7. The maximum absolute atomic E-state index is 13.4. The van der Waals surface area contributed by atoms with E-state index in [2.05, 4.69) is 55.6 Å². The molecule has 0 aromatic carbocycles. The molecule has 3 saturated heterocycles. The van der Waals surface area contributed by atoms with Gasteiger partial charge in [0.15, 0.2) is 18.9 Å². The lowest BCUT2D eigenvalue weighted by Gasteiger charge is -2.48. The van der Waals surface area contributed by atoms with Crippen molar-refractivity contribution in [1.82, 2.24) is 5.32 Å². The zero-order valence-corrected chi connectivity index (χ0v) is 62.7. The van der Waals surface area contributed by atoms with Gasteiger partial charge in [-0.2, -0.15) is 0 Å². The van der Waals surface area contributed by atoms with Gasteiger partial charge in [-0.15, -0.1) is 0 Å². The largest absolute Gasteiger partial charge is 0.394 e. The standard InChI is InChI=1S/C81H149NO18/c1-3-5-7-9-11-13-15-17-19-20-21-22-23-24-25-26-27-28-29-30-31-32-33-34-35-36-37-38-39-40-41-42-43-44-45-47-49-51-53-55-57-59-69(87)82-64(65(86)58-56-54-52-50-48-46-18-16-14-12-10-8-6-4-2)63-95-79-75(93)72(90)77(67(61-84)97-79)100-81-76(94)73(91)78(68(62-85)98-81)99-80-74(92)71(89)70(88)66(60-83)96-80/h15,17,20-21,23-24,56,58,64-68,70-81,83-86,88-94H,3-14,16,18-19,22,25-55,57,59-63H2,1-2H3,(H,82,87)/b17-15-,21-20-,24-23-,58-56+. The quantitative estimate of drug-likeness (QED) is 0.0199. The van der Waals surface area contributed by atoms with Crippen LogP contribution in [0, 0.1) is 0 Å². The predicted molar refractivity (Wildman–Crippen MR) is 397 cm³/mol. The SMILES string of the molecule is CCCCCCC/C=C\C/C=C\C/C=C\CCCCCCCCCCCCCCCCCCCCCCCCCCCCC(=O)NC(COC1OC(CO)C(OC2OC(CO)C(OC3OC(CO)C(O)C(O)C3O)C(O)C2O)C(O)C1O)C(O)/C=C/CCCCCCCCCCCCCC. The average molecular weight is 1430 g/mol. The molecule has 100 heavy (non-hydrogen) atoms. The molecule has 3 aliphatic rings. The molecule has 1 amide bonds. The van der Waals surface area contributed by atoms with E-state index >= 15 is 0 Å². The molecule has 19 nitrogen and oxygen atoms in total. The first-order valence-electron chi connectivity index (χ1n) is 40.9. The van der Waals surface area contributed by atoms with Gasteiger partial charge in [0.2, 0.25) is 5.91 Å². The van der Waals surface area contributed by atoms with Gasteiger partial charge in [0, 0.05) is 6.42 Å². The molecule has 0 bridgehead atoms. The molecule has 586 valence electrons. The number of carbonyl (C=O) groups excluding carboxylic acids is 1. The van der Waals surface area contributed by atoms with Crippen molar-refractivity contribution >= 4 is 5.91 Å². The van der Waals surface area contributed by atoms with Crippen LogP contribution in [0.15, 0.2) is 48.6 Å². The summed E-state index contributed by atoms with van der Waals surface area (Å²) in [5, 5.41) is 121. The van der Waals surface area contributed by atoms with E-state index < -0.39 is 124 Å². The molecule has 19 heteroatoms. The molecular weight excluding hydrogens is 1270 g/mol. The second-order valence-electron chi connectivity index (χ2n) is 29.2. The molecule has 17 unspecified atom stereocenters. The Morgan fingerprint density at radius 1 is 0.360 bits per heavy atom. The van der Waals surface area contributed by atoms with Gasteiger partial charge in [0.25, 0.3) is 0 Å². The fourth-order valence-corrected chi connectivity index (χ4v) is 13.8. The molecule has 0 aliphatic carbocycles. The van der Waals surface area contributed by atoms with Crippen molar-refractivity contribution in [1.29, 1.82) is 0 Å². The summed E-state index contributed by atoms with van der Waals surface area (Å²) in [5.41, 5.74) is 0. The highest BCUT2D eigenvalue weighted by Gasteiger charge is 2.54. The minimum absolute atomic E-state index is 0.247.